The molecule has 22 heavy (non-hydrogen) atoms. The van der Waals surface area contributed by atoms with E-state index >= 15 is 0 Å². The summed E-state index contributed by atoms with van der Waals surface area (Å²) in [6.07, 6.45) is 14.0. The van der Waals surface area contributed by atoms with Crippen LogP contribution in [0.3, 0.4) is 0 Å². The molecular formula is C19H17NO2. The summed E-state index contributed by atoms with van der Waals surface area (Å²) in [5, 5.41) is 0. The van der Waals surface area contributed by atoms with Crippen LogP contribution in [-0.4, -0.2) is 11.3 Å². The van der Waals surface area contributed by atoms with E-state index in [9.17, 15) is 4.79 Å². The number of rotatable bonds is 5. The molecule has 2 aromatic rings. The van der Waals surface area contributed by atoms with E-state index < -0.39 is 0 Å². The van der Waals surface area contributed by atoms with E-state index in [0.29, 0.717) is 18.7 Å². The Morgan fingerprint density at radius 1 is 1.05 bits per heavy atom. The summed E-state index contributed by atoms with van der Waals surface area (Å²) in [6, 6.07) is 9.99. The summed E-state index contributed by atoms with van der Waals surface area (Å²) in [5.41, 5.74) is 1.88. The van der Waals surface area contributed by atoms with Gasteiger partial charge in [-0.15, -0.1) is 0 Å². The maximum atomic E-state index is 10.6. The molecule has 0 unspecified atom stereocenters. The topological polar surface area (TPSA) is 43.1 Å². The van der Waals surface area contributed by atoms with Gasteiger partial charge in [-0.25, -0.2) is 4.98 Å². The second-order valence-electron chi connectivity index (χ2n) is 5.07. The molecular weight excluding hydrogens is 274 g/mol. The van der Waals surface area contributed by atoms with E-state index in [0.717, 1.165) is 23.3 Å². The van der Waals surface area contributed by atoms with Crippen molar-refractivity contribution in [1.29, 1.82) is 0 Å². The van der Waals surface area contributed by atoms with Gasteiger partial charge in [-0.05, 0) is 0 Å². The molecule has 3 heteroatoms. The highest BCUT2D eigenvalue weighted by Crippen LogP contribution is 2.32. The summed E-state index contributed by atoms with van der Waals surface area (Å²) in [6.45, 7) is 0. The van der Waals surface area contributed by atoms with Gasteiger partial charge in [0, 0.05) is 18.4 Å². The third-order valence-electron chi connectivity index (χ3n) is 3.49. The highest BCUT2D eigenvalue weighted by atomic mass is 16.4. The first-order chi connectivity index (χ1) is 10.9. The molecule has 0 saturated carbocycles. The first-order valence-corrected chi connectivity index (χ1v) is 7.39. The van der Waals surface area contributed by atoms with E-state index in [4.69, 9.17) is 4.42 Å². The Morgan fingerprint density at radius 3 is 2.45 bits per heavy atom. The van der Waals surface area contributed by atoms with Gasteiger partial charge in [0.25, 0.3) is 0 Å². The predicted octanol–water partition coefficient (Wildman–Crippen LogP) is 4.24. The molecule has 0 radical (unpaired) electrons. The minimum absolute atomic E-state index is 0.0442. The van der Waals surface area contributed by atoms with E-state index in [-0.39, 0.29) is 5.92 Å². The van der Waals surface area contributed by atoms with Crippen LogP contribution in [0.2, 0.25) is 0 Å². The molecule has 3 nitrogen and oxygen atoms in total. The molecule has 0 aliphatic heterocycles. The number of oxazole rings is 1. The van der Waals surface area contributed by atoms with Gasteiger partial charge in [-0.3, -0.25) is 0 Å². The highest BCUT2D eigenvalue weighted by molar-refractivity contribution is 5.63. The summed E-state index contributed by atoms with van der Waals surface area (Å²) in [7, 11) is 0. The first kappa shape index (κ1) is 14.3. The van der Waals surface area contributed by atoms with Crippen LogP contribution in [0, 0.1) is 0 Å². The summed E-state index contributed by atoms with van der Waals surface area (Å²) < 4.78 is 5.97. The van der Waals surface area contributed by atoms with Crippen LogP contribution in [0.25, 0.3) is 11.3 Å². The predicted molar refractivity (Wildman–Crippen MR) is 86.5 cm³/mol. The molecule has 0 fully saturated rings. The number of hydrogen-bond donors (Lipinski definition) is 0. The van der Waals surface area contributed by atoms with Crippen molar-refractivity contribution in [3.05, 3.63) is 78.4 Å². The lowest BCUT2D eigenvalue weighted by Crippen LogP contribution is -1.92. The smallest absolute Gasteiger partial charge is 0.195 e. The van der Waals surface area contributed by atoms with Crippen LogP contribution in [0.1, 0.15) is 24.0 Å². The molecule has 1 aliphatic rings. The van der Waals surface area contributed by atoms with Crippen molar-refractivity contribution in [3.8, 4) is 11.3 Å². The number of nitrogens with zero attached hydrogens (tertiary/aromatic N) is 1. The third kappa shape index (κ3) is 3.14. The lowest BCUT2D eigenvalue weighted by Gasteiger charge is -2.06. The van der Waals surface area contributed by atoms with Crippen molar-refractivity contribution < 1.29 is 9.21 Å². The molecule has 0 atom stereocenters. The molecule has 0 saturated heterocycles. The first-order valence-electron chi connectivity index (χ1n) is 7.39. The minimum atomic E-state index is 0.0442. The molecule has 1 heterocycles. The Kier molecular flexibility index (Phi) is 4.44. The minimum Gasteiger partial charge on any atom is -0.444 e. The van der Waals surface area contributed by atoms with Crippen LogP contribution < -0.4 is 0 Å². The van der Waals surface area contributed by atoms with Crippen LogP contribution in [-0.2, 0) is 11.2 Å². The molecule has 110 valence electrons. The van der Waals surface area contributed by atoms with Crippen LogP contribution in [0.5, 0.6) is 0 Å². The molecule has 0 N–H and O–H groups in total. The molecule has 0 amide bonds. The number of carbonyl (C=O) groups excluding carboxylic acids is 1. The number of hydrogen-bond acceptors (Lipinski definition) is 3. The number of benzene rings is 1. The van der Waals surface area contributed by atoms with Crippen molar-refractivity contribution in [1.82, 2.24) is 4.98 Å². The zero-order chi connectivity index (χ0) is 15.2. The number of carbonyl (C=O) groups is 1. The second-order valence-corrected chi connectivity index (χ2v) is 5.07. The number of aldehydes is 1. The Balaban J connectivity index is 2.02. The number of allylic oxidation sites excluding steroid dienone is 6. The molecule has 1 aromatic carbocycles. The zero-order valence-corrected chi connectivity index (χ0v) is 12.2. The van der Waals surface area contributed by atoms with Gasteiger partial charge in [0.1, 0.15) is 17.7 Å². The van der Waals surface area contributed by atoms with Gasteiger partial charge in [0.15, 0.2) is 5.89 Å². The Morgan fingerprint density at radius 2 is 1.77 bits per heavy atom. The fourth-order valence-corrected chi connectivity index (χ4v) is 2.43. The zero-order valence-electron chi connectivity index (χ0n) is 12.2. The van der Waals surface area contributed by atoms with Gasteiger partial charge in [-0.1, -0.05) is 66.8 Å². The SMILES string of the molecule is O=CCCc1nc(-c2ccccc2)c(C2C=CC=CC=C2)o1. The van der Waals surface area contributed by atoms with Gasteiger partial charge in [0.2, 0.25) is 0 Å². The fraction of sp³-hybridized carbons (Fsp3) is 0.158. The van der Waals surface area contributed by atoms with E-state index in [1.165, 1.54) is 0 Å². The molecule has 0 spiro atoms. The highest BCUT2D eigenvalue weighted by Gasteiger charge is 2.20. The molecule has 1 aromatic heterocycles. The second kappa shape index (κ2) is 6.85. The van der Waals surface area contributed by atoms with Crippen molar-refractivity contribution in [2.75, 3.05) is 0 Å². The van der Waals surface area contributed by atoms with Gasteiger partial charge >= 0.3 is 0 Å². The average Bonchev–Trinajstić information content (AvgIpc) is 2.80. The van der Waals surface area contributed by atoms with Crippen LogP contribution in [0.15, 0.2) is 71.2 Å². The normalized spacial score (nSPS) is 14.2. The quantitative estimate of drug-likeness (QED) is 0.774. The maximum absolute atomic E-state index is 10.6. The van der Waals surface area contributed by atoms with Gasteiger partial charge < -0.3 is 9.21 Å². The lowest BCUT2D eigenvalue weighted by atomic mass is 10.0. The Hall–Kier alpha value is -2.68. The number of aromatic nitrogens is 1. The summed E-state index contributed by atoms with van der Waals surface area (Å²) in [5.74, 6) is 1.48. The Labute approximate surface area is 129 Å². The van der Waals surface area contributed by atoms with Gasteiger partial charge in [-0.2, -0.15) is 0 Å². The van der Waals surface area contributed by atoms with Gasteiger partial charge in [0.05, 0.1) is 5.92 Å². The standard InChI is InChI=1S/C19H17NO2/c21-14-8-13-17-20-18(15-9-6-3-7-10-15)19(22-17)16-11-4-1-2-5-12-16/h1-7,9-12,14,16H,8,13H2. The lowest BCUT2D eigenvalue weighted by molar-refractivity contribution is -0.107. The van der Waals surface area contributed by atoms with Crippen molar-refractivity contribution in [2.45, 2.75) is 18.8 Å². The van der Waals surface area contributed by atoms with Crippen molar-refractivity contribution in [3.63, 3.8) is 0 Å². The molecule has 1 aliphatic carbocycles. The van der Waals surface area contributed by atoms with E-state index in [1.54, 1.807) is 0 Å². The monoisotopic (exact) mass is 291 g/mol. The van der Waals surface area contributed by atoms with Crippen LogP contribution in [0.4, 0.5) is 0 Å². The number of aryl methyl sites for hydroxylation is 1. The van der Waals surface area contributed by atoms with Crippen LogP contribution >= 0.6 is 0 Å². The largest absolute Gasteiger partial charge is 0.444 e. The summed E-state index contributed by atoms with van der Waals surface area (Å²) >= 11 is 0. The van der Waals surface area contributed by atoms with Crippen molar-refractivity contribution >= 4 is 6.29 Å². The molecule has 3 rings (SSSR count). The molecule has 0 bridgehead atoms. The third-order valence-corrected chi connectivity index (χ3v) is 3.49. The van der Waals surface area contributed by atoms with Crippen molar-refractivity contribution in [2.24, 2.45) is 0 Å². The fourth-order valence-electron chi connectivity index (χ4n) is 2.43. The average molecular weight is 291 g/mol. The maximum Gasteiger partial charge on any atom is 0.195 e. The summed E-state index contributed by atoms with van der Waals surface area (Å²) in [4.78, 5) is 15.2. The Bertz CT molecular complexity index is 707. The van der Waals surface area contributed by atoms with E-state index in [1.807, 2.05) is 54.6 Å². The van der Waals surface area contributed by atoms with E-state index in [2.05, 4.69) is 17.1 Å².